The zero-order valence-corrected chi connectivity index (χ0v) is 14.0. The second kappa shape index (κ2) is 8.31. The average molecular weight is 321 g/mol. The SMILES string of the molecule is Cn1cc(CNc2cccc(COCCc3ccccc3)c2)cn1. The molecule has 124 valence electrons. The Morgan fingerprint density at radius 2 is 1.83 bits per heavy atom. The van der Waals surface area contributed by atoms with Crippen molar-refractivity contribution in [3.05, 3.63) is 83.7 Å². The number of anilines is 1. The fourth-order valence-corrected chi connectivity index (χ4v) is 2.56. The van der Waals surface area contributed by atoms with Crippen molar-refractivity contribution in [2.24, 2.45) is 7.05 Å². The number of nitrogens with zero attached hydrogens (tertiary/aromatic N) is 2. The molecule has 0 spiro atoms. The first-order valence-electron chi connectivity index (χ1n) is 8.21. The van der Waals surface area contributed by atoms with Crippen LogP contribution in [0.4, 0.5) is 5.69 Å². The van der Waals surface area contributed by atoms with Crippen LogP contribution in [0.15, 0.2) is 67.0 Å². The first-order chi connectivity index (χ1) is 11.8. The molecule has 3 aromatic rings. The maximum absolute atomic E-state index is 5.80. The van der Waals surface area contributed by atoms with Crippen molar-refractivity contribution in [3.8, 4) is 0 Å². The number of aromatic nitrogens is 2. The van der Waals surface area contributed by atoms with Gasteiger partial charge < -0.3 is 10.1 Å². The molecule has 0 amide bonds. The molecule has 0 radical (unpaired) electrons. The van der Waals surface area contributed by atoms with Gasteiger partial charge in [-0.25, -0.2) is 0 Å². The number of nitrogens with one attached hydrogen (secondary N) is 1. The molecular formula is C20H23N3O. The molecule has 0 aliphatic heterocycles. The molecule has 4 heteroatoms. The van der Waals surface area contributed by atoms with Gasteiger partial charge in [0.1, 0.15) is 0 Å². The van der Waals surface area contributed by atoms with E-state index in [1.165, 1.54) is 16.7 Å². The van der Waals surface area contributed by atoms with E-state index in [2.05, 4.69) is 58.9 Å². The molecular weight excluding hydrogens is 298 g/mol. The molecule has 0 aliphatic rings. The number of ether oxygens (including phenoxy) is 1. The second-order valence-electron chi connectivity index (χ2n) is 5.86. The van der Waals surface area contributed by atoms with Gasteiger partial charge >= 0.3 is 0 Å². The first kappa shape index (κ1) is 16.3. The van der Waals surface area contributed by atoms with Crippen molar-refractivity contribution < 1.29 is 4.74 Å². The fourth-order valence-electron chi connectivity index (χ4n) is 2.56. The summed E-state index contributed by atoms with van der Waals surface area (Å²) < 4.78 is 7.62. The molecule has 1 aromatic heterocycles. The topological polar surface area (TPSA) is 39.1 Å². The molecule has 0 unspecified atom stereocenters. The fraction of sp³-hybridized carbons (Fsp3) is 0.250. The summed E-state index contributed by atoms with van der Waals surface area (Å²) >= 11 is 0. The molecule has 0 saturated carbocycles. The molecule has 0 bridgehead atoms. The molecule has 1 heterocycles. The summed E-state index contributed by atoms with van der Waals surface area (Å²) in [5.41, 5.74) is 4.76. The molecule has 2 aromatic carbocycles. The van der Waals surface area contributed by atoms with E-state index in [0.717, 1.165) is 25.3 Å². The minimum absolute atomic E-state index is 0.634. The van der Waals surface area contributed by atoms with Crippen molar-refractivity contribution in [1.29, 1.82) is 0 Å². The van der Waals surface area contributed by atoms with Gasteiger partial charge in [-0.1, -0.05) is 42.5 Å². The van der Waals surface area contributed by atoms with E-state index in [1.54, 1.807) is 0 Å². The van der Waals surface area contributed by atoms with Crippen LogP contribution < -0.4 is 5.32 Å². The Morgan fingerprint density at radius 1 is 1.00 bits per heavy atom. The van der Waals surface area contributed by atoms with Gasteiger partial charge in [0.05, 0.1) is 19.4 Å². The van der Waals surface area contributed by atoms with E-state index in [1.807, 2.05) is 30.2 Å². The molecule has 4 nitrogen and oxygen atoms in total. The van der Waals surface area contributed by atoms with Crippen molar-refractivity contribution in [3.63, 3.8) is 0 Å². The molecule has 24 heavy (non-hydrogen) atoms. The smallest absolute Gasteiger partial charge is 0.0717 e. The highest BCUT2D eigenvalue weighted by atomic mass is 16.5. The van der Waals surface area contributed by atoms with Gasteiger partial charge in [0, 0.05) is 31.0 Å². The van der Waals surface area contributed by atoms with Gasteiger partial charge in [-0.15, -0.1) is 0 Å². The lowest BCUT2D eigenvalue weighted by Crippen LogP contribution is -2.01. The van der Waals surface area contributed by atoms with Gasteiger partial charge in [-0.3, -0.25) is 4.68 Å². The van der Waals surface area contributed by atoms with E-state index in [0.29, 0.717) is 6.61 Å². The lowest BCUT2D eigenvalue weighted by molar-refractivity contribution is 0.124. The normalized spacial score (nSPS) is 10.7. The van der Waals surface area contributed by atoms with Crippen molar-refractivity contribution in [2.45, 2.75) is 19.6 Å². The highest BCUT2D eigenvalue weighted by molar-refractivity contribution is 5.46. The lowest BCUT2D eigenvalue weighted by Gasteiger charge is -2.08. The Labute approximate surface area is 143 Å². The molecule has 0 saturated heterocycles. The summed E-state index contributed by atoms with van der Waals surface area (Å²) in [6.07, 6.45) is 4.84. The van der Waals surface area contributed by atoms with E-state index < -0.39 is 0 Å². The van der Waals surface area contributed by atoms with Crippen LogP contribution in [0.5, 0.6) is 0 Å². The zero-order chi connectivity index (χ0) is 16.6. The Balaban J connectivity index is 1.44. The predicted molar refractivity (Wildman–Crippen MR) is 96.8 cm³/mol. The van der Waals surface area contributed by atoms with Gasteiger partial charge in [0.15, 0.2) is 0 Å². The minimum Gasteiger partial charge on any atom is -0.381 e. The summed E-state index contributed by atoms with van der Waals surface area (Å²) in [6, 6.07) is 18.8. The van der Waals surface area contributed by atoms with E-state index in [9.17, 15) is 0 Å². The maximum Gasteiger partial charge on any atom is 0.0717 e. The largest absolute Gasteiger partial charge is 0.381 e. The number of aryl methyl sites for hydroxylation is 1. The summed E-state index contributed by atoms with van der Waals surface area (Å²) in [5.74, 6) is 0. The summed E-state index contributed by atoms with van der Waals surface area (Å²) in [6.45, 7) is 2.14. The highest BCUT2D eigenvalue weighted by Gasteiger charge is 1.99. The van der Waals surface area contributed by atoms with Crippen LogP contribution in [0.3, 0.4) is 0 Å². The van der Waals surface area contributed by atoms with Crippen LogP contribution in [0.2, 0.25) is 0 Å². The van der Waals surface area contributed by atoms with E-state index in [-0.39, 0.29) is 0 Å². The van der Waals surface area contributed by atoms with E-state index >= 15 is 0 Å². The zero-order valence-electron chi connectivity index (χ0n) is 14.0. The molecule has 3 rings (SSSR count). The van der Waals surface area contributed by atoms with Gasteiger partial charge in [0.2, 0.25) is 0 Å². The quantitative estimate of drug-likeness (QED) is 0.642. The third-order valence-corrected chi connectivity index (χ3v) is 3.83. The predicted octanol–water partition coefficient (Wildman–Crippen LogP) is 3.79. The standard InChI is InChI=1S/C20H23N3O/c1-23-15-19(14-22-23)13-21-20-9-5-8-18(12-20)16-24-11-10-17-6-3-2-4-7-17/h2-9,12,14-15,21H,10-11,13,16H2,1H3. The van der Waals surface area contributed by atoms with Crippen molar-refractivity contribution in [2.75, 3.05) is 11.9 Å². The second-order valence-corrected chi connectivity index (χ2v) is 5.86. The number of benzene rings is 2. The molecule has 0 atom stereocenters. The maximum atomic E-state index is 5.80. The van der Waals surface area contributed by atoms with Crippen molar-refractivity contribution in [1.82, 2.24) is 9.78 Å². The lowest BCUT2D eigenvalue weighted by atomic mass is 10.2. The Morgan fingerprint density at radius 3 is 2.62 bits per heavy atom. The van der Waals surface area contributed by atoms with Crippen LogP contribution in [-0.2, 0) is 31.4 Å². The third-order valence-electron chi connectivity index (χ3n) is 3.83. The molecule has 1 N–H and O–H groups in total. The van der Waals surface area contributed by atoms with Crippen LogP contribution in [-0.4, -0.2) is 16.4 Å². The Kier molecular flexibility index (Phi) is 5.64. The van der Waals surface area contributed by atoms with Gasteiger partial charge in [-0.2, -0.15) is 5.10 Å². The van der Waals surface area contributed by atoms with Crippen LogP contribution in [0.25, 0.3) is 0 Å². The van der Waals surface area contributed by atoms with Gasteiger partial charge in [-0.05, 0) is 29.7 Å². The highest BCUT2D eigenvalue weighted by Crippen LogP contribution is 2.13. The third kappa shape index (κ3) is 4.96. The van der Waals surface area contributed by atoms with Gasteiger partial charge in [0.25, 0.3) is 0 Å². The molecule has 0 fully saturated rings. The Hall–Kier alpha value is -2.59. The summed E-state index contributed by atoms with van der Waals surface area (Å²) in [4.78, 5) is 0. The first-order valence-corrected chi connectivity index (χ1v) is 8.21. The van der Waals surface area contributed by atoms with E-state index in [4.69, 9.17) is 4.74 Å². The summed E-state index contributed by atoms with van der Waals surface area (Å²) in [5, 5.41) is 7.60. The summed E-state index contributed by atoms with van der Waals surface area (Å²) in [7, 11) is 1.93. The van der Waals surface area contributed by atoms with Crippen LogP contribution in [0, 0.1) is 0 Å². The number of hydrogen-bond acceptors (Lipinski definition) is 3. The van der Waals surface area contributed by atoms with Crippen molar-refractivity contribution >= 4 is 5.69 Å². The average Bonchev–Trinajstić information content (AvgIpc) is 3.04. The number of rotatable bonds is 8. The van der Waals surface area contributed by atoms with Crippen LogP contribution in [0.1, 0.15) is 16.7 Å². The number of hydrogen-bond donors (Lipinski definition) is 1. The Bertz CT molecular complexity index is 752. The minimum atomic E-state index is 0.634. The van der Waals surface area contributed by atoms with Crippen LogP contribution >= 0.6 is 0 Å². The molecule has 0 aliphatic carbocycles. The monoisotopic (exact) mass is 321 g/mol.